The Hall–Kier alpha value is -1.92. The number of aliphatic hydroxyl groups excluding tert-OH is 1. The molecule has 1 amide bonds. The van der Waals surface area contributed by atoms with Crippen LogP contribution in [0.15, 0.2) is 29.4 Å². The largest absolute Gasteiger partial charge is 0.392 e. The molecule has 0 radical (unpaired) electrons. The van der Waals surface area contributed by atoms with Crippen molar-refractivity contribution in [3.63, 3.8) is 0 Å². The number of nitrogens with one attached hydrogen (secondary N) is 1. The van der Waals surface area contributed by atoms with Gasteiger partial charge >= 0.3 is 0 Å². The predicted octanol–water partition coefficient (Wildman–Crippen LogP) is 2.17. The van der Waals surface area contributed by atoms with Crippen LogP contribution in [0.2, 0.25) is 0 Å². The van der Waals surface area contributed by atoms with Gasteiger partial charge in [0.25, 0.3) is 0 Å². The van der Waals surface area contributed by atoms with Crippen molar-refractivity contribution in [3.05, 3.63) is 35.4 Å². The van der Waals surface area contributed by atoms with E-state index in [0.29, 0.717) is 38.9 Å². The van der Waals surface area contributed by atoms with Crippen molar-refractivity contribution in [1.82, 2.24) is 5.32 Å². The lowest BCUT2D eigenvalue weighted by Gasteiger charge is -2.37. The highest BCUT2D eigenvalue weighted by Crippen LogP contribution is 2.38. The quantitative estimate of drug-likeness (QED) is 0.815. The monoisotopic (exact) mass is 360 g/mol. The molecule has 2 atom stereocenters. The van der Waals surface area contributed by atoms with E-state index < -0.39 is 11.5 Å². The summed E-state index contributed by atoms with van der Waals surface area (Å²) >= 11 is 0. The Morgan fingerprint density at radius 3 is 2.69 bits per heavy atom. The molecule has 2 heterocycles. The molecule has 0 spiro atoms. The lowest BCUT2D eigenvalue weighted by atomic mass is 9.74. The van der Waals surface area contributed by atoms with E-state index in [1.54, 1.807) is 6.92 Å². The molecule has 6 nitrogen and oxygen atoms in total. The molecule has 1 aromatic rings. The summed E-state index contributed by atoms with van der Waals surface area (Å²) in [5.41, 5.74) is 2.69. The molecule has 6 heteroatoms. The smallest absolute Gasteiger partial charge is 0.226 e. The second kappa shape index (κ2) is 8.18. The minimum absolute atomic E-state index is 0.0194. The molecule has 1 aromatic carbocycles. The Morgan fingerprint density at radius 2 is 2.04 bits per heavy atom. The van der Waals surface area contributed by atoms with Gasteiger partial charge in [-0.15, -0.1) is 0 Å². The number of carbonyl (C=O) groups is 1. The second-order valence-electron chi connectivity index (χ2n) is 7.49. The van der Waals surface area contributed by atoms with Gasteiger partial charge in [0.1, 0.15) is 6.10 Å². The summed E-state index contributed by atoms with van der Waals surface area (Å²) < 4.78 is 5.47. The lowest BCUT2D eigenvalue weighted by Crippen LogP contribution is -2.48. The molecule has 2 aliphatic heterocycles. The van der Waals surface area contributed by atoms with E-state index >= 15 is 0 Å². The zero-order valence-electron chi connectivity index (χ0n) is 15.5. The predicted molar refractivity (Wildman–Crippen MR) is 99.0 cm³/mol. The molecule has 0 saturated carbocycles. The van der Waals surface area contributed by atoms with Gasteiger partial charge in [0.05, 0.1) is 17.2 Å². The van der Waals surface area contributed by atoms with Crippen LogP contribution in [0, 0.1) is 12.3 Å². The van der Waals surface area contributed by atoms with Crippen LogP contribution in [-0.2, 0) is 14.4 Å². The van der Waals surface area contributed by atoms with Crippen LogP contribution < -0.4 is 5.32 Å². The fourth-order valence-corrected chi connectivity index (χ4v) is 3.60. The molecule has 2 N–H and O–H groups in total. The van der Waals surface area contributed by atoms with E-state index in [1.165, 1.54) is 5.56 Å². The van der Waals surface area contributed by atoms with Gasteiger partial charge in [0.2, 0.25) is 5.91 Å². The van der Waals surface area contributed by atoms with Crippen LogP contribution in [0.1, 0.15) is 43.7 Å². The minimum atomic E-state index is -0.560. The van der Waals surface area contributed by atoms with Gasteiger partial charge in [-0.3, -0.25) is 4.79 Å². The van der Waals surface area contributed by atoms with Crippen molar-refractivity contribution in [1.29, 1.82) is 0 Å². The molecule has 0 aromatic heterocycles. The molecular weight excluding hydrogens is 332 g/mol. The van der Waals surface area contributed by atoms with Gasteiger partial charge < -0.3 is 20.0 Å². The Kier molecular flexibility index (Phi) is 5.94. The number of nitrogens with zero attached hydrogens (tertiary/aromatic N) is 1. The van der Waals surface area contributed by atoms with Gasteiger partial charge in [0.15, 0.2) is 0 Å². The van der Waals surface area contributed by atoms with E-state index in [4.69, 9.17) is 9.57 Å². The number of rotatable bonds is 6. The van der Waals surface area contributed by atoms with E-state index in [2.05, 4.69) is 41.7 Å². The topological polar surface area (TPSA) is 80.2 Å². The number of oxime groups is 1. The normalized spacial score (nSPS) is 23.0. The number of aliphatic hydroxyl groups is 1. The highest BCUT2D eigenvalue weighted by molar-refractivity contribution is 6.01. The maximum Gasteiger partial charge on any atom is 0.226 e. The van der Waals surface area contributed by atoms with Gasteiger partial charge in [-0.05, 0) is 32.3 Å². The van der Waals surface area contributed by atoms with Gasteiger partial charge in [-0.25, -0.2) is 0 Å². The van der Waals surface area contributed by atoms with Gasteiger partial charge in [0, 0.05) is 32.6 Å². The number of amides is 1. The summed E-state index contributed by atoms with van der Waals surface area (Å²) in [7, 11) is 0. The number of aryl methyl sites for hydroxylation is 1. The third-order valence-corrected chi connectivity index (χ3v) is 5.23. The lowest BCUT2D eigenvalue weighted by molar-refractivity contribution is -0.140. The maximum atomic E-state index is 12.8. The molecule has 1 saturated heterocycles. The molecule has 0 aliphatic carbocycles. The summed E-state index contributed by atoms with van der Waals surface area (Å²) in [5.74, 6) is -0.0194. The molecule has 142 valence electrons. The summed E-state index contributed by atoms with van der Waals surface area (Å²) in [4.78, 5) is 18.5. The van der Waals surface area contributed by atoms with Crippen molar-refractivity contribution in [2.75, 3.05) is 19.8 Å². The summed E-state index contributed by atoms with van der Waals surface area (Å²) in [6.07, 6.45) is 1.98. The summed E-state index contributed by atoms with van der Waals surface area (Å²) in [5, 5.41) is 16.6. The first-order valence-electron chi connectivity index (χ1n) is 9.32. The number of ether oxygens (including phenoxy) is 1. The molecular formula is C20H28N2O4. The van der Waals surface area contributed by atoms with Crippen LogP contribution in [0.4, 0.5) is 0 Å². The second-order valence-corrected chi connectivity index (χ2v) is 7.49. The first kappa shape index (κ1) is 18.9. The van der Waals surface area contributed by atoms with Crippen molar-refractivity contribution in [2.24, 2.45) is 10.6 Å². The maximum absolute atomic E-state index is 12.8. The van der Waals surface area contributed by atoms with Crippen molar-refractivity contribution in [2.45, 2.75) is 51.7 Å². The molecule has 2 aliphatic rings. The Balaban J connectivity index is 1.65. The third kappa shape index (κ3) is 4.43. The molecule has 3 rings (SSSR count). The number of hydrogen-bond acceptors (Lipinski definition) is 5. The van der Waals surface area contributed by atoms with Crippen LogP contribution in [0.3, 0.4) is 0 Å². The van der Waals surface area contributed by atoms with Crippen LogP contribution in [-0.4, -0.2) is 48.7 Å². The van der Waals surface area contributed by atoms with E-state index in [9.17, 15) is 9.90 Å². The molecule has 0 unspecified atom stereocenters. The summed E-state index contributed by atoms with van der Waals surface area (Å²) in [6.45, 7) is 5.12. The first-order chi connectivity index (χ1) is 12.5. The Bertz CT molecular complexity index is 648. The van der Waals surface area contributed by atoms with Crippen LogP contribution in [0.25, 0.3) is 0 Å². The van der Waals surface area contributed by atoms with E-state index in [-0.39, 0.29) is 18.6 Å². The Morgan fingerprint density at radius 1 is 1.35 bits per heavy atom. The fourth-order valence-electron chi connectivity index (χ4n) is 3.60. The van der Waals surface area contributed by atoms with Gasteiger partial charge in [-0.1, -0.05) is 35.0 Å². The standard InChI is InChI=1S/C20H28N2O4/c1-14-3-5-16(6-4-14)18-11-17(26-22-18)12-20(7-9-25-10-8-20)19(24)21-13-15(2)23/h3-6,15,17,23H,7-13H2,1-2H3,(H,21,24)/t15-,17+/m1/s1. The van der Waals surface area contributed by atoms with Crippen molar-refractivity contribution in [3.8, 4) is 0 Å². The SMILES string of the molecule is Cc1ccc(C2=NO[C@H](CC3(C(=O)NC[C@@H](C)O)CCOCC3)C2)cc1. The zero-order chi connectivity index (χ0) is 18.6. The molecule has 26 heavy (non-hydrogen) atoms. The van der Waals surface area contributed by atoms with Gasteiger partial charge in [-0.2, -0.15) is 0 Å². The van der Waals surface area contributed by atoms with Crippen LogP contribution in [0.5, 0.6) is 0 Å². The third-order valence-electron chi connectivity index (χ3n) is 5.23. The molecule has 0 bridgehead atoms. The van der Waals surface area contributed by atoms with Crippen molar-refractivity contribution < 1.29 is 19.5 Å². The highest BCUT2D eigenvalue weighted by atomic mass is 16.6. The average Bonchev–Trinajstić information content (AvgIpc) is 3.09. The van der Waals surface area contributed by atoms with Crippen molar-refractivity contribution >= 4 is 11.6 Å². The Labute approximate surface area is 154 Å². The summed E-state index contributed by atoms with van der Waals surface area (Å²) in [6, 6.07) is 8.24. The number of carbonyl (C=O) groups excluding carboxylic acids is 1. The molecule has 1 fully saturated rings. The fraction of sp³-hybridized carbons (Fsp3) is 0.600. The van der Waals surface area contributed by atoms with E-state index in [0.717, 1.165) is 11.3 Å². The number of benzene rings is 1. The zero-order valence-corrected chi connectivity index (χ0v) is 15.5. The van der Waals surface area contributed by atoms with Crippen LogP contribution >= 0.6 is 0 Å². The minimum Gasteiger partial charge on any atom is -0.392 e. The number of hydrogen-bond donors (Lipinski definition) is 2. The highest BCUT2D eigenvalue weighted by Gasteiger charge is 2.43. The average molecular weight is 360 g/mol. The van der Waals surface area contributed by atoms with E-state index in [1.807, 2.05) is 0 Å². The first-order valence-corrected chi connectivity index (χ1v) is 9.32.